The number of aliphatic hydroxyl groups is 1. The summed E-state index contributed by atoms with van der Waals surface area (Å²) in [4.78, 5) is 0.213. The highest BCUT2D eigenvalue weighted by molar-refractivity contribution is 7.89. The van der Waals surface area contributed by atoms with Gasteiger partial charge in [-0.1, -0.05) is 12.1 Å². The van der Waals surface area contributed by atoms with E-state index in [0.29, 0.717) is 0 Å². The molecule has 2 aromatic rings. The quantitative estimate of drug-likeness (QED) is 0.888. The van der Waals surface area contributed by atoms with Crippen molar-refractivity contribution in [2.24, 2.45) is 0 Å². The fourth-order valence-corrected chi connectivity index (χ4v) is 3.49. The molecule has 1 aromatic carbocycles. The highest BCUT2D eigenvalue weighted by atomic mass is 32.2. The maximum atomic E-state index is 12.0. The van der Waals surface area contributed by atoms with E-state index < -0.39 is 16.1 Å². The molecule has 102 valence electrons. The van der Waals surface area contributed by atoms with Crippen LogP contribution in [-0.2, 0) is 10.0 Å². The van der Waals surface area contributed by atoms with E-state index in [1.165, 1.54) is 17.4 Å². The summed E-state index contributed by atoms with van der Waals surface area (Å²) in [6.45, 7) is 1.80. The van der Waals surface area contributed by atoms with Crippen molar-refractivity contribution in [1.82, 2.24) is 4.72 Å². The summed E-state index contributed by atoms with van der Waals surface area (Å²) in [5.74, 6) is 0. The molecular weight excluding hydrogens is 282 g/mol. The van der Waals surface area contributed by atoms with E-state index in [1.54, 1.807) is 23.6 Å². The Morgan fingerprint density at radius 2 is 2.16 bits per heavy atom. The summed E-state index contributed by atoms with van der Waals surface area (Å²) < 4.78 is 26.5. The second-order valence-electron chi connectivity index (χ2n) is 4.24. The van der Waals surface area contributed by atoms with Gasteiger partial charge in [-0.05, 0) is 47.0 Å². The zero-order chi connectivity index (χ0) is 13.9. The first-order valence-electron chi connectivity index (χ1n) is 5.75. The van der Waals surface area contributed by atoms with Gasteiger partial charge in [0.25, 0.3) is 0 Å². The molecule has 0 aliphatic rings. The van der Waals surface area contributed by atoms with Gasteiger partial charge in [-0.15, -0.1) is 0 Å². The molecule has 0 fully saturated rings. The largest absolute Gasteiger partial charge is 0.387 e. The molecule has 0 unspecified atom stereocenters. The van der Waals surface area contributed by atoms with Crippen molar-refractivity contribution in [2.75, 3.05) is 6.54 Å². The van der Waals surface area contributed by atoms with Gasteiger partial charge in [-0.2, -0.15) is 11.3 Å². The van der Waals surface area contributed by atoms with Crippen LogP contribution in [0.25, 0.3) is 0 Å². The van der Waals surface area contributed by atoms with Crippen molar-refractivity contribution < 1.29 is 13.5 Å². The van der Waals surface area contributed by atoms with E-state index in [1.807, 2.05) is 18.4 Å². The van der Waals surface area contributed by atoms with Crippen LogP contribution in [0.15, 0.2) is 46.0 Å². The summed E-state index contributed by atoms with van der Waals surface area (Å²) >= 11 is 1.46. The Balaban J connectivity index is 2.06. The van der Waals surface area contributed by atoms with E-state index in [0.717, 1.165) is 11.1 Å². The Labute approximate surface area is 116 Å². The molecular formula is C13H15NO3S2. The number of benzene rings is 1. The first-order chi connectivity index (χ1) is 8.99. The first-order valence-corrected chi connectivity index (χ1v) is 8.18. The van der Waals surface area contributed by atoms with Gasteiger partial charge in [-0.3, -0.25) is 0 Å². The van der Waals surface area contributed by atoms with E-state index in [9.17, 15) is 13.5 Å². The monoisotopic (exact) mass is 297 g/mol. The van der Waals surface area contributed by atoms with Crippen molar-refractivity contribution in [3.63, 3.8) is 0 Å². The van der Waals surface area contributed by atoms with Crippen LogP contribution in [0.5, 0.6) is 0 Å². The van der Waals surface area contributed by atoms with Gasteiger partial charge in [0, 0.05) is 6.54 Å². The standard InChI is InChI=1S/C13H15NO3S2/c1-10-3-2-4-12(7-10)19(16,17)14-8-13(15)11-5-6-18-9-11/h2-7,9,13-15H,8H2,1H3/t13-/m1/s1. The molecule has 4 nitrogen and oxygen atoms in total. The number of thiophene rings is 1. The Morgan fingerprint density at radius 3 is 2.79 bits per heavy atom. The number of nitrogens with one attached hydrogen (secondary N) is 1. The molecule has 0 spiro atoms. The highest BCUT2D eigenvalue weighted by Crippen LogP contribution is 2.16. The molecule has 2 rings (SSSR count). The molecule has 1 aromatic heterocycles. The predicted molar refractivity (Wildman–Crippen MR) is 75.6 cm³/mol. The Kier molecular flexibility index (Phi) is 4.36. The number of hydrogen-bond donors (Lipinski definition) is 2. The number of aryl methyl sites for hydroxylation is 1. The van der Waals surface area contributed by atoms with Crippen molar-refractivity contribution in [1.29, 1.82) is 0 Å². The molecule has 19 heavy (non-hydrogen) atoms. The number of aliphatic hydroxyl groups excluding tert-OH is 1. The average molecular weight is 297 g/mol. The number of sulfonamides is 1. The second kappa shape index (κ2) is 5.83. The Hall–Kier alpha value is -1.21. The minimum absolute atomic E-state index is 0.0347. The maximum absolute atomic E-state index is 12.0. The van der Waals surface area contributed by atoms with Gasteiger partial charge in [0.2, 0.25) is 10.0 Å². The fourth-order valence-electron chi connectivity index (χ4n) is 1.64. The molecule has 1 atom stereocenters. The third-order valence-corrected chi connectivity index (χ3v) is 4.82. The second-order valence-corrected chi connectivity index (χ2v) is 6.79. The maximum Gasteiger partial charge on any atom is 0.240 e. The van der Waals surface area contributed by atoms with Crippen molar-refractivity contribution >= 4 is 21.4 Å². The average Bonchev–Trinajstić information content (AvgIpc) is 2.90. The predicted octanol–water partition coefficient (Wildman–Crippen LogP) is 2.07. The molecule has 0 saturated heterocycles. The van der Waals surface area contributed by atoms with E-state index in [4.69, 9.17) is 0 Å². The first kappa shape index (κ1) is 14.2. The van der Waals surface area contributed by atoms with Crippen LogP contribution in [0.2, 0.25) is 0 Å². The van der Waals surface area contributed by atoms with Gasteiger partial charge in [0.15, 0.2) is 0 Å². The summed E-state index contributed by atoms with van der Waals surface area (Å²) in [6.07, 6.45) is -0.828. The molecule has 1 heterocycles. The lowest BCUT2D eigenvalue weighted by Gasteiger charge is -2.11. The zero-order valence-electron chi connectivity index (χ0n) is 10.4. The van der Waals surface area contributed by atoms with Crippen LogP contribution in [0.3, 0.4) is 0 Å². The summed E-state index contributed by atoms with van der Waals surface area (Å²) in [6, 6.07) is 8.43. The number of rotatable bonds is 5. The van der Waals surface area contributed by atoms with Gasteiger partial charge in [0.1, 0.15) is 0 Å². The van der Waals surface area contributed by atoms with Crippen molar-refractivity contribution in [2.45, 2.75) is 17.9 Å². The van der Waals surface area contributed by atoms with Gasteiger partial charge < -0.3 is 5.11 Å². The molecule has 0 saturated carbocycles. The van der Waals surface area contributed by atoms with Crippen LogP contribution in [-0.4, -0.2) is 20.1 Å². The number of hydrogen-bond acceptors (Lipinski definition) is 4. The molecule has 0 amide bonds. The lowest BCUT2D eigenvalue weighted by Crippen LogP contribution is -2.28. The minimum Gasteiger partial charge on any atom is -0.387 e. The van der Waals surface area contributed by atoms with E-state index >= 15 is 0 Å². The smallest absolute Gasteiger partial charge is 0.240 e. The fraction of sp³-hybridized carbons (Fsp3) is 0.231. The third-order valence-electron chi connectivity index (χ3n) is 2.69. The normalized spacial score (nSPS) is 13.4. The van der Waals surface area contributed by atoms with Crippen LogP contribution < -0.4 is 4.72 Å². The zero-order valence-corrected chi connectivity index (χ0v) is 12.0. The summed E-state index contributed by atoms with van der Waals surface area (Å²) in [5, 5.41) is 13.5. The molecule has 0 bridgehead atoms. The van der Waals surface area contributed by atoms with Crippen LogP contribution in [0.4, 0.5) is 0 Å². The topological polar surface area (TPSA) is 66.4 Å². The molecule has 0 aliphatic heterocycles. The van der Waals surface area contributed by atoms with Gasteiger partial charge in [-0.25, -0.2) is 13.1 Å². The van der Waals surface area contributed by atoms with Gasteiger partial charge >= 0.3 is 0 Å². The lowest BCUT2D eigenvalue weighted by molar-refractivity contribution is 0.182. The van der Waals surface area contributed by atoms with Crippen LogP contribution in [0.1, 0.15) is 17.2 Å². The molecule has 2 N–H and O–H groups in total. The van der Waals surface area contributed by atoms with Crippen LogP contribution >= 0.6 is 11.3 Å². The van der Waals surface area contributed by atoms with E-state index in [2.05, 4.69) is 4.72 Å². The van der Waals surface area contributed by atoms with Crippen molar-refractivity contribution in [3.05, 3.63) is 52.2 Å². The van der Waals surface area contributed by atoms with E-state index in [-0.39, 0.29) is 11.4 Å². The lowest BCUT2D eigenvalue weighted by atomic mass is 10.2. The molecule has 6 heteroatoms. The SMILES string of the molecule is Cc1cccc(S(=O)(=O)NC[C@@H](O)c2ccsc2)c1. The Morgan fingerprint density at radius 1 is 1.37 bits per heavy atom. The van der Waals surface area contributed by atoms with Gasteiger partial charge in [0.05, 0.1) is 11.0 Å². The molecule has 0 aliphatic carbocycles. The van der Waals surface area contributed by atoms with Crippen molar-refractivity contribution in [3.8, 4) is 0 Å². The summed E-state index contributed by atoms with van der Waals surface area (Å²) in [7, 11) is -3.58. The summed E-state index contributed by atoms with van der Waals surface area (Å²) in [5.41, 5.74) is 1.60. The molecule has 0 radical (unpaired) electrons. The highest BCUT2D eigenvalue weighted by Gasteiger charge is 2.16. The third kappa shape index (κ3) is 3.63. The Bertz CT molecular complexity index is 636. The minimum atomic E-state index is -3.58. The van der Waals surface area contributed by atoms with Crippen LogP contribution in [0, 0.1) is 6.92 Å².